The number of pyridine rings is 1. The van der Waals surface area contributed by atoms with Gasteiger partial charge >= 0.3 is 12.1 Å². The lowest BCUT2D eigenvalue weighted by molar-refractivity contribution is 0.0205. The Morgan fingerprint density at radius 3 is 2.33 bits per heavy atom. The molecule has 190 valence electrons. The van der Waals surface area contributed by atoms with Crippen LogP contribution in [-0.4, -0.2) is 60.8 Å². The molecule has 36 heavy (non-hydrogen) atoms. The van der Waals surface area contributed by atoms with Gasteiger partial charge in [0.05, 0.1) is 29.6 Å². The van der Waals surface area contributed by atoms with Crippen LogP contribution in [0.5, 0.6) is 0 Å². The Kier molecular flexibility index (Phi) is 7.15. The van der Waals surface area contributed by atoms with Crippen molar-refractivity contribution >= 4 is 28.7 Å². The highest BCUT2D eigenvalue weighted by Crippen LogP contribution is 2.35. The van der Waals surface area contributed by atoms with E-state index in [2.05, 4.69) is 4.90 Å². The van der Waals surface area contributed by atoms with Crippen LogP contribution in [0.3, 0.4) is 0 Å². The first-order valence-electron chi connectivity index (χ1n) is 12.1. The van der Waals surface area contributed by atoms with Gasteiger partial charge in [-0.3, -0.25) is 0 Å². The van der Waals surface area contributed by atoms with Gasteiger partial charge in [-0.1, -0.05) is 0 Å². The highest BCUT2D eigenvalue weighted by molar-refractivity contribution is 5.96. The molecule has 8 heteroatoms. The number of likely N-dealkylation sites (tertiary alicyclic amines) is 1. The maximum atomic E-state index is 13.6. The van der Waals surface area contributed by atoms with E-state index in [1.54, 1.807) is 35.2 Å². The van der Waals surface area contributed by atoms with Crippen LogP contribution in [0, 0.1) is 5.82 Å². The number of piperidine rings is 1. The number of nitrogens with zero attached hydrogens (tertiary/aromatic N) is 3. The van der Waals surface area contributed by atoms with Gasteiger partial charge in [0.25, 0.3) is 0 Å². The molecule has 1 aliphatic heterocycles. The second-order valence-corrected chi connectivity index (χ2v) is 10.1. The number of benzene rings is 2. The van der Waals surface area contributed by atoms with E-state index < -0.39 is 11.6 Å². The van der Waals surface area contributed by atoms with Crippen LogP contribution in [-0.2, 0) is 9.47 Å². The van der Waals surface area contributed by atoms with Crippen molar-refractivity contribution in [3.63, 3.8) is 0 Å². The van der Waals surface area contributed by atoms with E-state index in [4.69, 9.17) is 14.5 Å². The molecule has 1 saturated heterocycles. The summed E-state index contributed by atoms with van der Waals surface area (Å²) in [6.07, 6.45) is 1.23. The van der Waals surface area contributed by atoms with Gasteiger partial charge in [0.1, 0.15) is 11.4 Å². The Hall–Kier alpha value is -3.68. The standard InChI is InChI=1S/C28H32FN3O4/c1-28(2,3)36-27(34)32-14-12-22(13-15-32)31(4)24-17-20-16-19(26(33)35-5)8-11-23(20)30-25(24)18-6-9-21(29)10-7-18/h6-11,16-17,22H,12-15H2,1-5H3. The van der Waals surface area contributed by atoms with Crippen molar-refractivity contribution < 1.29 is 23.5 Å². The predicted molar refractivity (Wildman–Crippen MR) is 138 cm³/mol. The topological polar surface area (TPSA) is 72.0 Å². The van der Waals surface area contributed by atoms with Crippen LogP contribution in [0.2, 0.25) is 0 Å². The number of carbonyl (C=O) groups excluding carboxylic acids is 2. The summed E-state index contributed by atoms with van der Waals surface area (Å²) in [6, 6.07) is 13.7. The number of fused-ring (bicyclic) bond motifs is 1. The lowest BCUT2D eigenvalue weighted by Crippen LogP contribution is -2.47. The molecule has 1 aliphatic rings. The SMILES string of the molecule is COC(=O)c1ccc2nc(-c3ccc(F)cc3)c(N(C)C3CCN(C(=O)OC(C)(C)C)CC3)cc2c1. The van der Waals surface area contributed by atoms with Crippen molar-refractivity contribution in [2.45, 2.75) is 45.3 Å². The van der Waals surface area contributed by atoms with Crippen LogP contribution in [0.15, 0.2) is 48.5 Å². The van der Waals surface area contributed by atoms with Gasteiger partial charge in [0.2, 0.25) is 0 Å². The molecule has 0 bridgehead atoms. The van der Waals surface area contributed by atoms with Crippen LogP contribution in [0.25, 0.3) is 22.2 Å². The first-order valence-corrected chi connectivity index (χ1v) is 12.1. The molecule has 2 heterocycles. The number of esters is 1. The molecule has 0 saturated carbocycles. The number of hydrogen-bond acceptors (Lipinski definition) is 6. The Labute approximate surface area is 210 Å². The van der Waals surface area contributed by atoms with Crippen molar-refractivity contribution in [1.82, 2.24) is 9.88 Å². The molecule has 1 amide bonds. The number of ether oxygens (including phenoxy) is 2. The molecular formula is C28H32FN3O4. The van der Waals surface area contributed by atoms with Gasteiger partial charge in [-0.15, -0.1) is 0 Å². The Morgan fingerprint density at radius 2 is 1.72 bits per heavy atom. The first-order chi connectivity index (χ1) is 17.1. The molecule has 0 unspecified atom stereocenters. The molecule has 0 spiro atoms. The molecule has 0 atom stereocenters. The zero-order valence-electron chi connectivity index (χ0n) is 21.4. The number of hydrogen-bond donors (Lipinski definition) is 0. The highest BCUT2D eigenvalue weighted by atomic mass is 19.1. The Morgan fingerprint density at radius 1 is 1.06 bits per heavy atom. The van der Waals surface area contributed by atoms with Crippen LogP contribution < -0.4 is 4.90 Å². The average molecular weight is 494 g/mol. The summed E-state index contributed by atoms with van der Waals surface area (Å²) in [4.78, 5) is 33.4. The molecule has 4 rings (SSSR count). The normalized spacial score (nSPS) is 14.6. The predicted octanol–water partition coefficient (Wildman–Crippen LogP) is 5.66. The third-order valence-corrected chi connectivity index (χ3v) is 6.38. The monoisotopic (exact) mass is 493 g/mol. The maximum absolute atomic E-state index is 13.6. The van der Waals surface area contributed by atoms with E-state index in [-0.39, 0.29) is 18.0 Å². The van der Waals surface area contributed by atoms with Crippen molar-refractivity contribution in [3.05, 3.63) is 59.9 Å². The fraction of sp³-hybridized carbons (Fsp3) is 0.393. The summed E-state index contributed by atoms with van der Waals surface area (Å²) >= 11 is 0. The summed E-state index contributed by atoms with van der Waals surface area (Å²) in [5.74, 6) is -0.726. The molecule has 1 fully saturated rings. The minimum atomic E-state index is -0.533. The summed E-state index contributed by atoms with van der Waals surface area (Å²) < 4.78 is 24.0. The quantitative estimate of drug-likeness (QED) is 0.437. The average Bonchev–Trinajstić information content (AvgIpc) is 2.86. The zero-order valence-corrected chi connectivity index (χ0v) is 21.4. The zero-order chi connectivity index (χ0) is 26.0. The molecule has 0 radical (unpaired) electrons. The maximum Gasteiger partial charge on any atom is 0.410 e. The van der Waals surface area contributed by atoms with Crippen molar-refractivity contribution in [2.75, 3.05) is 32.1 Å². The third kappa shape index (κ3) is 5.58. The highest BCUT2D eigenvalue weighted by Gasteiger charge is 2.29. The summed E-state index contributed by atoms with van der Waals surface area (Å²) in [7, 11) is 3.36. The fourth-order valence-corrected chi connectivity index (χ4v) is 4.46. The summed E-state index contributed by atoms with van der Waals surface area (Å²) in [5.41, 5.74) is 3.02. The fourth-order valence-electron chi connectivity index (χ4n) is 4.46. The van der Waals surface area contributed by atoms with Gasteiger partial charge in [-0.2, -0.15) is 0 Å². The number of carbonyl (C=O) groups is 2. The van der Waals surface area contributed by atoms with E-state index in [9.17, 15) is 14.0 Å². The van der Waals surface area contributed by atoms with Gasteiger partial charge < -0.3 is 19.3 Å². The molecule has 0 aliphatic carbocycles. The van der Waals surface area contributed by atoms with Crippen molar-refractivity contribution in [1.29, 1.82) is 0 Å². The van der Waals surface area contributed by atoms with Gasteiger partial charge in [0.15, 0.2) is 0 Å². The second-order valence-electron chi connectivity index (χ2n) is 10.1. The van der Waals surface area contributed by atoms with Crippen LogP contribution in [0.4, 0.5) is 14.9 Å². The first kappa shape index (κ1) is 25.4. The smallest absolute Gasteiger partial charge is 0.410 e. The lowest BCUT2D eigenvalue weighted by Gasteiger charge is -2.38. The Bertz CT molecular complexity index is 1260. The number of halogens is 1. The van der Waals surface area contributed by atoms with E-state index in [0.717, 1.165) is 40.7 Å². The Balaban J connectivity index is 1.66. The number of aromatic nitrogens is 1. The van der Waals surface area contributed by atoms with E-state index in [1.165, 1.54) is 19.2 Å². The van der Waals surface area contributed by atoms with Crippen molar-refractivity contribution in [3.8, 4) is 11.3 Å². The molecule has 1 aromatic heterocycles. The van der Waals surface area contributed by atoms with Gasteiger partial charge in [-0.25, -0.2) is 19.0 Å². The van der Waals surface area contributed by atoms with Crippen molar-refractivity contribution in [2.24, 2.45) is 0 Å². The summed E-state index contributed by atoms with van der Waals surface area (Å²) in [5, 5.41) is 0.803. The minimum Gasteiger partial charge on any atom is -0.465 e. The number of rotatable bonds is 4. The molecule has 3 aromatic rings. The molecule has 7 nitrogen and oxygen atoms in total. The van der Waals surface area contributed by atoms with E-state index >= 15 is 0 Å². The molecule has 0 N–H and O–H groups in total. The van der Waals surface area contributed by atoms with Crippen LogP contribution >= 0.6 is 0 Å². The third-order valence-electron chi connectivity index (χ3n) is 6.38. The van der Waals surface area contributed by atoms with Gasteiger partial charge in [0, 0.05) is 37.1 Å². The summed E-state index contributed by atoms with van der Waals surface area (Å²) in [6.45, 7) is 6.76. The lowest BCUT2D eigenvalue weighted by atomic mass is 10.00. The van der Waals surface area contributed by atoms with Gasteiger partial charge in [-0.05, 0) is 82.1 Å². The molecular weight excluding hydrogens is 461 g/mol. The minimum absolute atomic E-state index is 0.158. The molecule has 2 aromatic carbocycles. The largest absolute Gasteiger partial charge is 0.465 e. The van der Waals surface area contributed by atoms with Crippen LogP contribution in [0.1, 0.15) is 44.0 Å². The van der Waals surface area contributed by atoms with E-state index in [1.807, 2.05) is 33.9 Å². The second kappa shape index (κ2) is 10.1. The number of anilines is 1. The number of amides is 1. The number of methoxy groups -OCH3 is 1. The van der Waals surface area contributed by atoms with E-state index in [0.29, 0.717) is 18.7 Å².